The molecule has 114 valence electrons. The van der Waals surface area contributed by atoms with Crippen molar-refractivity contribution in [2.45, 2.75) is 30.9 Å². The van der Waals surface area contributed by atoms with Crippen LogP contribution in [0.15, 0.2) is 35.5 Å². The fourth-order valence-corrected chi connectivity index (χ4v) is 2.90. The predicted molar refractivity (Wildman–Crippen MR) is 84.1 cm³/mol. The van der Waals surface area contributed by atoms with E-state index in [-0.39, 0.29) is 0 Å². The summed E-state index contributed by atoms with van der Waals surface area (Å²) in [6.45, 7) is 2.95. The van der Waals surface area contributed by atoms with Crippen molar-refractivity contribution in [3.8, 4) is 0 Å². The van der Waals surface area contributed by atoms with Gasteiger partial charge in [-0.3, -0.25) is 5.10 Å². The molecule has 3 rings (SSSR count). The van der Waals surface area contributed by atoms with Crippen LogP contribution >= 0.6 is 11.8 Å². The molecule has 0 unspecified atom stereocenters. The average Bonchev–Trinajstić information content (AvgIpc) is 3.12. The lowest BCUT2D eigenvalue weighted by Gasteiger charge is -2.08. The Morgan fingerprint density at radius 3 is 2.73 bits per heavy atom. The molecule has 2 aromatic heterocycles. The van der Waals surface area contributed by atoms with E-state index in [1.807, 2.05) is 29.7 Å². The number of hydrogen-bond acceptors (Lipinski definition) is 6. The van der Waals surface area contributed by atoms with Crippen LogP contribution in [0.4, 0.5) is 0 Å². The molecule has 0 saturated carbocycles. The van der Waals surface area contributed by atoms with Crippen LogP contribution in [0.25, 0.3) is 0 Å². The Hall–Kier alpha value is -2.19. The third-order valence-corrected chi connectivity index (χ3v) is 4.10. The van der Waals surface area contributed by atoms with Crippen LogP contribution in [0.2, 0.25) is 0 Å². The SMILES string of the molecule is Cc1nc(CSc2nnc(CN)n2Cc2ccccc2)n[nH]1. The second kappa shape index (κ2) is 6.71. The van der Waals surface area contributed by atoms with Crippen LogP contribution in [-0.2, 0) is 18.8 Å². The van der Waals surface area contributed by atoms with Gasteiger partial charge in [-0.05, 0) is 12.5 Å². The lowest BCUT2D eigenvalue weighted by Crippen LogP contribution is -2.10. The van der Waals surface area contributed by atoms with E-state index in [1.54, 1.807) is 11.8 Å². The van der Waals surface area contributed by atoms with Crippen molar-refractivity contribution in [3.05, 3.63) is 53.4 Å². The summed E-state index contributed by atoms with van der Waals surface area (Å²) in [4.78, 5) is 4.30. The number of nitrogens with two attached hydrogens (primary N) is 1. The van der Waals surface area contributed by atoms with Crippen molar-refractivity contribution in [1.82, 2.24) is 29.9 Å². The molecule has 3 N–H and O–H groups in total. The van der Waals surface area contributed by atoms with Gasteiger partial charge < -0.3 is 10.3 Å². The summed E-state index contributed by atoms with van der Waals surface area (Å²) in [5.41, 5.74) is 6.95. The standard InChI is InChI=1S/C14H17N7S/c1-10-16-12(18-17-10)9-22-14-20-19-13(7-15)21(14)8-11-5-3-2-4-6-11/h2-6H,7-9,15H2,1H3,(H,16,17,18). The Balaban J connectivity index is 1.77. The molecule has 0 spiro atoms. The van der Waals surface area contributed by atoms with Gasteiger partial charge in [-0.2, -0.15) is 5.10 Å². The van der Waals surface area contributed by atoms with E-state index in [4.69, 9.17) is 5.73 Å². The fourth-order valence-electron chi connectivity index (χ4n) is 2.08. The third kappa shape index (κ3) is 3.34. The number of H-pyrrole nitrogens is 1. The minimum absolute atomic E-state index is 0.361. The fraction of sp³-hybridized carbons (Fsp3) is 0.286. The largest absolute Gasteiger partial charge is 0.324 e. The normalized spacial score (nSPS) is 11.0. The first-order valence-electron chi connectivity index (χ1n) is 6.93. The molecule has 0 amide bonds. The third-order valence-electron chi connectivity index (χ3n) is 3.13. The van der Waals surface area contributed by atoms with Gasteiger partial charge in [0.15, 0.2) is 11.0 Å². The van der Waals surface area contributed by atoms with Gasteiger partial charge in [0.2, 0.25) is 0 Å². The highest BCUT2D eigenvalue weighted by molar-refractivity contribution is 7.98. The van der Waals surface area contributed by atoms with Gasteiger partial charge in [-0.15, -0.1) is 10.2 Å². The molecular formula is C14H17N7S. The molecule has 22 heavy (non-hydrogen) atoms. The summed E-state index contributed by atoms with van der Waals surface area (Å²) in [7, 11) is 0. The van der Waals surface area contributed by atoms with Crippen LogP contribution in [0.5, 0.6) is 0 Å². The molecule has 0 fully saturated rings. The van der Waals surface area contributed by atoms with Gasteiger partial charge in [0, 0.05) is 0 Å². The Morgan fingerprint density at radius 2 is 2.05 bits per heavy atom. The van der Waals surface area contributed by atoms with Gasteiger partial charge in [-0.1, -0.05) is 42.1 Å². The van der Waals surface area contributed by atoms with Crippen molar-refractivity contribution in [2.24, 2.45) is 5.73 Å². The topological polar surface area (TPSA) is 98.3 Å². The van der Waals surface area contributed by atoms with Crippen molar-refractivity contribution in [2.75, 3.05) is 0 Å². The maximum atomic E-state index is 5.77. The van der Waals surface area contributed by atoms with Gasteiger partial charge in [-0.25, -0.2) is 4.98 Å². The summed E-state index contributed by atoms with van der Waals surface area (Å²) in [6.07, 6.45) is 0. The molecule has 3 aromatic rings. The number of nitrogens with one attached hydrogen (secondary N) is 1. The van der Waals surface area contributed by atoms with Crippen LogP contribution in [0.3, 0.4) is 0 Å². The lowest BCUT2D eigenvalue weighted by molar-refractivity contribution is 0.666. The van der Waals surface area contributed by atoms with E-state index in [0.717, 1.165) is 22.6 Å². The molecule has 2 heterocycles. The number of thioether (sulfide) groups is 1. The number of aromatic nitrogens is 6. The first-order chi connectivity index (χ1) is 10.8. The first-order valence-corrected chi connectivity index (χ1v) is 7.91. The van der Waals surface area contributed by atoms with Crippen molar-refractivity contribution < 1.29 is 0 Å². The summed E-state index contributed by atoms with van der Waals surface area (Å²) in [5.74, 6) is 2.98. The molecule has 8 heteroatoms. The molecule has 0 bridgehead atoms. The van der Waals surface area contributed by atoms with Gasteiger partial charge in [0.25, 0.3) is 0 Å². The highest BCUT2D eigenvalue weighted by Crippen LogP contribution is 2.21. The van der Waals surface area contributed by atoms with Crippen LogP contribution < -0.4 is 5.73 Å². The smallest absolute Gasteiger partial charge is 0.192 e. The lowest BCUT2D eigenvalue weighted by atomic mass is 10.2. The zero-order valence-electron chi connectivity index (χ0n) is 12.2. The predicted octanol–water partition coefficient (Wildman–Crippen LogP) is 1.50. The van der Waals surface area contributed by atoms with E-state index in [0.29, 0.717) is 18.8 Å². The number of hydrogen-bond donors (Lipinski definition) is 2. The van der Waals surface area contributed by atoms with Gasteiger partial charge in [0.05, 0.1) is 18.8 Å². The van der Waals surface area contributed by atoms with Crippen LogP contribution in [0.1, 0.15) is 23.0 Å². The Labute approximate surface area is 132 Å². The molecule has 0 aliphatic carbocycles. The van der Waals surface area contributed by atoms with Crippen LogP contribution in [-0.4, -0.2) is 29.9 Å². The zero-order chi connectivity index (χ0) is 15.4. The number of rotatable bonds is 6. The van der Waals surface area contributed by atoms with E-state index in [2.05, 4.69) is 37.5 Å². The van der Waals surface area contributed by atoms with E-state index >= 15 is 0 Å². The Morgan fingerprint density at radius 1 is 1.23 bits per heavy atom. The van der Waals surface area contributed by atoms with Crippen LogP contribution in [0, 0.1) is 6.92 Å². The molecule has 0 aliphatic heterocycles. The number of aryl methyl sites for hydroxylation is 1. The van der Waals surface area contributed by atoms with Gasteiger partial charge in [0.1, 0.15) is 11.6 Å². The average molecular weight is 315 g/mol. The van der Waals surface area contributed by atoms with Crippen molar-refractivity contribution in [3.63, 3.8) is 0 Å². The van der Waals surface area contributed by atoms with Gasteiger partial charge >= 0.3 is 0 Å². The molecular weight excluding hydrogens is 298 g/mol. The molecule has 0 radical (unpaired) electrons. The summed E-state index contributed by atoms with van der Waals surface area (Å²) < 4.78 is 2.04. The number of nitrogens with zero attached hydrogens (tertiary/aromatic N) is 5. The molecule has 0 saturated heterocycles. The Kier molecular flexibility index (Phi) is 4.50. The first kappa shape index (κ1) is 14.7. The van der Waals surface area contributed by atoms with E-state index < -0.39 is 0 Å². The highest BCUT2D eigenvalue weighted by atomic mass is 32.2. The monoisotopic (exact) mass is 315 g/mol. The zero-order valence-corrected chi connectivity index (χ0v) is 13.0. The second-order valence-electron chi connectivity index (χ2n) is 4.80. The Bertz CT molecular complexity index is 735. The molecule has 1 aromatic carbocycles. The van der Waals surface area contributed by atoms with E-state index in [1.165, 1.54) is 5.56 Å². The molecule has 0 aliphatic rings. The summed E-state index contributed by atoms with van der Waals surface area (Å²) >= 11 is 1.56. The molecule has 7 nitrogen and oxygen atoms in total. The number of benzene rings is 1. The minimum atomic E-state index is 0.361. The molecule has 0 atom stereocenters. The van der Waals surface area contributed by atoms with Crippen molar-refractivity contribution in [1.29, 1.82) is 0 Å². The maximum Gasteiger partial charge on any atom is 0.192 e. The highest BCUT2D eigenvalue weighted by Gasteiger charge is 2.13. The second-order valence-corrected chi connectivity index (χ2v) is 5.74. The quantitative estimate of drug-likeness (QED) is 0.669. The number of aromatic amines is 1. The summed E-state index contributed by atoms with van der Waals surface area (Å²) in [6, 6.07) is 10.2. The minimum Gasteiger partial charge on any atom is -0.324 e. The summed E-state index contributed by atoms with van der Waals surface area (Å²) in [5, 5.41) is 16.2. The van der Waals surface area contributed by atoms with Crippen molar-refractivity contribution >= 4 is 11.8 Å². The van der Waals surface area contributed by atoms with E-state index in [9.17, 15) is 0 Å². The maximum absolute atomic E-state index is 5.77.